The number of benzene rings is 2. The van der Waals surface area contributed by atoms with Gasteiger partial charge in [-0.05, 0) is 24.0 Å². The van der Waals surface area contributed by atoms with E-state index in [1.807, 2.05) is 31.2 Å². The van der Waals surface area contributed by atoms with Gasteiger partial charge in [-0.2, -0.15) is 4.98 Å². The van der Waals surface area contributed by atoms with Gasteiger partial charge < -0.3 is 9.47 Å². The zero-order chi connectivity index (χ0) is 22.7. The molecule has 2 aromatic carbocycles. The Morgan fingerprint density at radius 2 is 1.84 bits per heavy atom. The number of carbonyl (C=O) groups is 2. The van der Waals surface area contributed by atoms with Crippen molar-refractivity contribution < 1.29 is 19.1 Å². The van der Waals surface area contributed by atoms with E-state index in [0.29, 0.717) is 39.1 Å². The fourth-order valence-electron chi connectivity index (χ4n) is 3.46. The van der Waals surface area contributed by atoms with Crippen LogP contribution >= 0.6 is 11.8 Å². The lowest BCUT2D eigenvalue weighted by molar-refractivity contribution is -0.120. The number of esters is 1. The number of hydrogen-bond acceptors (Lipinski definition) is 8. The first-order valence-corrected chi connectivity index (χ1v) is 11.2. The van der Waals surface area contributed by atoms with Gasteiger partial charge >= 0.3 is 5.97 Å². The number of hydrogen-bond donors (Lipinski definition) is 0. The van der Waals surface area contributed by atoms with Crippen molar-refractivity contribution in [2.75, 3.05) is 17.8 Å². The summed E-state index contributed by atoms with van der Waals surface area (Å²) in [5, 5.41) is 9.09. The Morgan fingerprint density at radius 1 is 1.09 bits per heavy atom. The minimum atomic E-state index is -0.798. The lowest BCUT2D eigenvalue weighted by Crippen LogP contribution is -2.37. The molecule has 164 valence electrons. The number of aromatic nitrogens is 3. The van der Waals surface area contributed by atoms with Crippen molar-refractivity contribution >= 4 is 29.3 Å². The topological polar surface area (TPSA) is 94.5 Å². The third kappa shape index (κ3) is 4.03. The van der Waals surface area contributed by atoms with Crippen molar-refractivity contribution in [3.63, 3.8) is 0 Å². The summed E-state index contributed by atoms with van der Waals surface area (Å²) >= 11 is 1.46. The lowest BCUT2D eigenvalue weighted by Gasteiger charge is -2.30. The highest BCUT2D eigenvalue weighted by Crippen LogP contribution is 2.43. The Hall–Kier alpha value is -3.46. The molecule has 1 atom stereocenters. The van der Waals surface area contributed by atoms with Gasteiger partial charge in [0.1, 0.15) is 0 Å². The van der Waals surface area contributed by atoms with E-state index in [1.54, 1.807) is 36.1 Å². The van der Waals surface area contributed by atoms with Crippen molar-refractivity contribution in [2.24, 2.45) is 0 Å². The second kappa shape index (κ2) is 9.35. The van der Waals surface area contributed by atoms with Crippen LogP contribution in [-0.2, 0) is 9.53 Å². The van der Waals surface area contributed by atoms with E-state index < -0.39 is 12.2 Å². The molecule has 0 fully saturated rings. The second-order valence-electron chi connectivity index (χ2n) is 6.90. The molecule has 8 nitrogen and oxygen atoms in total. The summed E-state index contributed by atoms with van der Waals surface area (Å²) < 4.78 is 11.1. The number of nitrogens with zero attached hydrogens (tertiary/aromatic N) is 4. The van der Waals surface area contributed by atoms with Crippen LogP contribution in [0.15, 0.2) is 53.7 Å². The standard InChI is InChI=1S/C23H22N4O4S/c1-4-18(28)27-17-9-7-6-8-16(17)19-20(24-23(26-25-19)32-5-2)31-21(27)14-10-12-15(13-11-14)22(29)30-3/h6-13,21H,4-5H2,1-3H3/t21-/m0/s1. The zero-order valence-electron chi connectivity index (χ0n) is 17.9. The number of rotatable bonds is 5. The summed E-state index contributed by atoms with van der Waals surface area (Å²) in [6.45, 7) is 3.80. The van der Waals surface area contributed by atoms with Crippen LogP contribution in [0.2, 0.25) is 0 Å². The molecule has 0 saturated heterocycles. The highest BCUT2D eigenvalue weighted by atomic mass is 32.2. The average molecular weight is 451 g/mol. The van der Waals surface area contributed by atoms with Crippen molar-refractivity contribution in [3.05, 3.63) is 59.7 Å². The molecule has 0 unspecified atom stereocenters. The molecule has 2 heterocycles. The van der Waals surface area contributed by atoms with Crippen LogP contribution in [0.25, 0.3) is 11.3 Å². The third-order valence-electron chi connectivity index (χ3n) is 4.97. The Kier molecular flexibility index (Phi) is 6.36. The third-order valence-corrected chi connectivity index (χ3v) is 5.69. The number of ether oxygens (including phenoxy) is 2. The van der Waals surface area contributed by atoms with Gasteiger partial charge in [0.2, 0.25) is 23.2 Å². The minimum absolute atomic E-state index is 0.122. The normalized spacial score (nSPS) is 14.6. The number of anilines is 1. The van der Waals surface area contributed by atoms with Gasteiger partial charge in [0.25, 0.3) is 0 Å². The molecule has 0 spiro atoms. The van der Waals surface area contributed by atoms with E-state index in [2.05, 4.69) is 15.2 Å². The fourth-order valence-corrected chi connectivity index (χ4v) is 3.97. The van der Waals surface area contributed by atoms with Gasteiger partial charge in [0.15, 0.2) is 5.69 Å². The number of amides is 1. The maximum absolute atomic E-state index is 13.1. The molecular formula is C23H22N4O4S. The Labute approximate surface area is 190 Å². The summed E-state index contributed by atoms with van der Waals surface area (Å²) in [7, 11) is 1.33. The van der Waals surface area contributed by atoms with Gasteiger partial charge in [-0.15, -0.1) is 10.2 Å². The van der Waals surface area contributed by atoms with Crippen LogP contribution in [-0.4, -0.2) is 39.9 Å². The molecule has 1 amide bonds. The maximum Gasteiger partial charge on any atom is 0.337 e. The molecule has 0 N–H and O–H groups in total. The van der Waals surface area contributed by atoms with Gasteiger partial charge in [-0.1, -0.05) is 55.9 Å². The van der Waals surface area contributed by atoms with Gasteiger partial charge in [-0.25, -0.2) is 4.79 Å². The lowest BCUT2D eigenvalue weighted by atomic mass is 10.1. The summed E-state index contributed by atoms with van der Waals surface area (Å²) in [4.78, 5) is 31.2. The zero-order valence-corrected chi connectivity index (χ0v) is 18.8. The first kappa shape index (κ1) is 21.8. The van der Waals surface area contributed by atoms with Crippen molar-refractivity contribution in [2.45, 2.75) is 31.7 Å². The van der Waals surface area contributed by atoms with Crippen molar-refractivity contribution in [3.8, 4) is 17.1 Å². The molecule has 3 aromatic rings. The van der Waals surface area contributed by atoms with Crippen LogP contribution < -0.4 is 9.64 Å². The maximum atomic E-state index is 13.1. The Balaban J connectivity index is 1.89. The minimum Gasteiger partial charge on any atom is -0.465 e. The second-order valence-corrected chi connectivity index (χ2v) is 8.13. The molecule has 1 aliphatic heterocycles. The average Bonchev–Trinajstić information content (AvgIpc) is 2.98. The molecule has 0 bridgehead atoms. The van der Waals surface area contributed by atoms with Crippen LogP contribution in [0.1, 0.15) is 42.4 Å². The number of para-hydroxylation sites is 1. The summed E-state index contributed by atoms with van der Waals surface area (Å²) in [6.07, 6.45) is -0.520. The van der Waals surface area contributed by atoms with Crippen LogP contribution in [0.4, 0.5) is 5.69 Å². The van der Waals surface area contributed by atoms with E-state index >= 15 is 0 Å². The molecular weight excluding hydrogens is 428 g/mol. The predicted molar refractivity (Wildman–Crippen MR) is 121 cm³/mol. The van der Waals surface area contributed by atoms with Gasteiger partial charge in [0.05, 0.1) is 18.4 Å². The fraction of sp³-hybridized carbons (Fsp3) is 0.261. The van der Waals surface area contributed by atoms with E-state index in [9.17, 15) is 9.59 Å². The van der Waals surface area contributed by atoms with Crippen molar-refractivity contribution in [1.29, 1.82) is 0 Å². The van der Waals surface area contributed by atoms with E-state index in [1.165, 1.54) is 18.9 Å². The highest BCUT2D eigenvalue weighted by Gasteiger charge is 2.35. The van der Waals surface area contributed by atoms with Crippen LogP contribution in [0.3, 0.4) is 0 Å². The number of thioether (sulfide) groups is 1. The molecule has 1 aromatic heterocycles. The van der Waals surface area contributed by atoms with Crippen LogP contribution in [0.5, 0.6) is 5.88 Å². The summed E-state index contributed by atoms with van der Waals surface area (Å²) in [5.41, 5.74) is 2.94. The molecule has 1 aliphatic rings. The summed E-state index contributed by atoms with van der Waals surface area (Å²) in [6, 6.07) is 14.2. The molecule has 0 radical (unpaired) electrons. The molecule has 9 heteroatoms. The monoisotopic (exact) mass is 450 g/mol. The smallest absolute Gasteiger partial charge is 0.337 e. The van der Waals surface area contributed by atoms with E-state index in [0.717, 1.165) is 5.75 Å². The molecule has 0 aliphatic carbocycles. The van der Waals surface area contributed by atoms with E-state index in [-0.39, 0.29) is 12.3 Å². The largest absolute Gasteiger partial charge is 0.465 e. The quantitative estimate of drug-likeness (QED) is 0.420. The Bertz CT molecular complexity index is 1150. The van der Waals surface area contributed by atoms with Crippen LogP contribution in [0, 0.1) is 0 Å². The van der Waals surface area contributed by atoms with Gasteiger partial charge in [-0.3, -0.25) is 9.69 Å². The number of methoxy groups -OCH3 is 1. The number of fused-ring (bicyclic) bond motifs is 3. The first-order chi connectivity index (χ1) is 15.6. The SMILES string of the molecule is CCSc1nnc2c(n1)O[C@@H](c1ccc(C(=O)OC)cc1)N(C(=O)CC)c1ccccc1-2. The predicted octanol–water partition coefficient (Wildman–Crippen LogP) is 4.27. The van der Waals surface area contributed by atoms with E-state index in [4.69, 9.17) is 9.47 Å². The highest BCUT2D eigenvalue weighted by molar-refractivity contribution is 7.99. The molecule has 4 rings (SSSR count). The first-order valence-electron chi connectivity index (χ1n) is 10.2. The number of carbonyl (C=O) groups excluding carboxylic acids is 2. The summed E-state index contributed by atoms with van der Waals surface area (Å²) in [5.74, 6) is 0.532. The van der Waals surface area contributed by atoms with Gasteiger partial charge in [0, 0.05) is 17.5 Å². The Morgan fingerprint density at radius 3 is 2.53 bits per heavy atom. The van der Waals surface area contributed by atoms with Crippen molar-refractivity contribution in [1.82, 2.24) is 15.2 Å². The molecule has 32 heavy (non-hydrogen) atoms. The molecule has 0 saturated carbocycles.